The number of ether oxygens (including phenoxy) is 1. The van der Waals surface area contributed by atoms with Crippen molar-refractivity contribution < 1.29 is 32.3 Å². The topological polar surface area (TPSA) is 109 Å². The number of nitrogens with one attached hydrogen (secondary N) is 2. The van der Waals surface area contributed by atoms with Gasteiger partial charge in [0.05, 0.1) is 28.1 Å². The van der Waals surface area contributed by atoms with Gasteiger partial charge in [-0.15, -0.1) is 11.8 Å². The standard InChI is InChI=1S/C35H28F3N3O5S2/c1-16-6-4-8-18(12-16)39-24(42)15-46-23-11-3-2-10-20(23)25-26-21-14-22(29(26)47-31-30(25)48-34(45)40-31)28-27(21)32(43)41(33(28)44)19-9-5-7-17(13-19)35(36,37)38/h2-13,21-22,25-29H,14-15H2,1H3,(H,39,42)(H,40,45)/t21?,22?,25-,26?,27?,28?,29?/m1/s1. The SMILES string of the molecule is Cc1cccc(NC(=O)COc2ccccc2[C@H]2c3sc(=O)[nH]c3SC3C4CC(C5C(=O)N(c6cccc(C(F)(F)F)c6)C(=O)C45)C32)c1. The second-order valence-electron chi connectivity index (χ2n) is 12.8. The van der Waals surface area contributed by atoms with Crippen LogP contribution in [0.4, 0.5) is 24.5 Å². The Hall–Kier alpha value is -4.36. The molecule has 8 rings (SSSR count). The van der Waals surface area contributed by atoms with Gasteiger partial charge in [0, 0.05) is 27.3 Å². The fourth-order valence-electron chi connectivity index (χ4n) is 8.37. The van der Waals surface area contributed by atoms with Crippen molar-refractivity contribution in [3.63, 3.8) is 0 Å². The van der Waals surface area contributed by atoms with Gasteiger partial charge in [0.1, 0.15) is 5.75 Å². The van der Waals surface area contributed by atoms with Crippen LogP contribution in [0.1, 0.15) is 33.9 Å². The molecule has 1 aromatic heterocycles. The number of aromatic nitrogens is 1. The zero-order valence-electron chi connectivity index (χ0n) is 25.3. The maximum Gasteiger partial charge on any atom is 0.416 e. The number of para-hydroxylation sites is 1. The second-order valence-corrected chi connectivity index (χ2v) is 15.0. The zero-order chi connectivity index (χ0) is 33.5. The molecule has 2 aliphatic heterocycles. The lowest BCUT2D eigenvalue weighted by Crippen LogP contribution is -2.42. The number of nitrogens with zero attached hydrogens (tertiary/aromatic N) is 1. The van der Waals surface area contributed by atoms with Crippen molar-refractivity contribution in [2.75, 3.05) is 16.8 Å². The predicted molar refractivity (Wildman–Crippen MR) is 174 cm³/mol. The number of carbonyl (C=O) groups is 3. The van der Waals surface area contributed by atoms with E-state index in [9.17, 15) is 32.3 Å². The van der Waals surface area contributed by atoms with E-state index in [1.165, 1.54) is 23.9 Å². The van der Waals surface area contributed by atoms with Crippen LogP contribution in [-0.2, 0) is 20.6 Å². The van der Waals surface area contributed by atoms with E-state index in [-0.39, 0.29) is 52.0 Å². The summed E-state index contributed by atoms with van der Waals surface area (Å²) in [5, 5.41) is 3.42. The molecule has 2 aliphatic carbocycles. The molecule has 3 heterocycles. The highest BCUT2D eigenvalue weighted by atomic mass is 32.2. The summed E-state index contributed by atoms with van der Waals surface area (Å²) >= 11 is 2.61. The van der Waals surface area contributed by atoms with E-state index in [0.717, 1.165) is 44.4 Å². The van der Waals surface area contributed by atoms with E-state index in [1.54, 1.807) is 18.2 Å². The van der Waals surface area contributed by atoms with E-state index in [0.29, 0.717) is 22.9 Å². The van der Waals surface area contributed by atoms with Gasteiger partial charge in [-0.3, -0.25) is 24.1 Å². The molecule has 7 atom stereocenters. The quantitative estimate of drug-likeness (QED) is 0.225. The monoisotopic (exact) mass is 691 g/mol. The Labute approximate surface area is 280 Å². The number of benzene rings is 3. The number of rotatable bonds is 6. The first-order chi connectivity index (χ1) is 23.0. The molecule has 13 heteroatoms. The first kappa shape index (κ1) is 30.9. The molecule has 8 nitrogen and oxygen atoms in total. The zero-order valence-corrected chi connectivity index (χ0v) is 27.0. The largest absolute Gasteiger partial charge is 0.483 e. The summed E-state index contributed by atoms with van der Waals surface area (Å²) in [5.41, 5.74) is 1.41. The van der Waals surface area contributed by atoms with E-state index in [4.69, 9.17) is 4.74 Å². The summed E-state index contributed by atoms with van der Waals surface area (Å²) in [6, 6.07) is 19.1. The molecule has 2 saturated carbocycles. The van der Waals surface area contributed by atoms with Crippen molar-refractivity contribution in [2.24, 2.45) is 29.6 Å². The van der Waals surface area contributed by atoms with Gasteiger partial charge in [0.25, 0.3) is 5.91 Å². The minimum Gasteiger partial charge on any atom is -0.483 e. The number of alkyl halides is 3. The van der Waals surface area contributed by atoms with Gasteiger partial charge >= 0.3 is 11.0 Å². The Balaban J connectivity index is 1.12. The van der Waals surface area contributed by atoms with E-state index in [2.05, 4.69) is 10.3 Å². The van der Waals surface area contributed by atoms with Crippen LogP contribution in [0.5, 0.6) is 5.75 Å². The second kappa shape index (κ2) is 11.4. The maximum atomic E-state index is 14.0. The smallest absolute Gasteiger partial charge is 0.416 e. The van der Waals surface area contributed by atoms with E-state index in [1.807, 2.05) is 37.3 Å². The molecule has 3 amide bonds. The van der Waals surface area contributed by atoms with Crippen molar-refractivity contribution in [3.8, 4) is 5.75 Å². The van der Waals surface area contributed by atoms with Crippen LogP contribution in [-0.4, -0.2) is 34.6 Å². The van der Waals surface area contributed by atoms with Crippen LogP contribution in [0.2, 0.25) is 0 Å². The minimum absolute atomic E-state index is 0.0769. The molecule has 246 valence electrons. The van der Waals surface area contributed by atoms with Gasteiger partial charge in [-0.2, -0.15) is 13.2 Å². The third-order valence-electron chi connectivity index (χ3n) is 10.1. The average Bonchev–Trinajstić information content (AvgIpc) is 3.78. The molecule has 3 aromatic carbocycles. The highest BCUT2D eigenvalue weighted by Crippen LogP contribution is 2.69. The Morgan fingerprint density at radius 2 is 1.73 bits per heavy atom. The lowest BCUT2D eigenvalue weighted by Gasteiger charge is -2.43. The average molecular weight is 692 g/mol. The fraction of sp³-hybridized carbons (Fsp3) is 0.314. The summed E-state index contributed by atoms with van der Waals surface area (Å²) in [5.74, 6) is -3.17. The van der Waals surface area contributed by atoms with Crippen molar-refractivity contribution in [1.82, 2.24) is 4.98 Å². The summed E-state index contributed by atoms with van der Waals surface area (Å²) in [4.78, 5) is 58.0. The number of aryl methyl sites for hydroxylation is 1. The summed E-state index contributed by atoms with van der Waals surface area (Å²) in [6.07, 6.45) is -4.01. The highest BCUT2D eigenvalue weighted by Gasteiger charge is 2.70. The van der Waals surface area contributed by atoms with Gasteiger partial charge < -0.3 is 15.0 Å². The van der Waals surface area contributed by atoms with Gasteiger partial charge in [-0.25, -0.2) is 0 Å². The molecule has 2 N–H and O–H groups in total. The molecule has 48 heavy (non-hydrogen) atoms. The number of carbonyl (C=O) groups excluding carboxylic acids is 3. The molecule has 3 fully saturated rings. The summed E-state index contributed by atoms with van der Waals surface area (Å²) in [7, 11) is 0. The molecule has 4 aromatic rings. The van der Waals surface area contributed by atoms with Crippen LogP contribution >= 0.6 is 23.1 Å². The molecule has 4 aliphatic rings. The number of anilines is 2. The Bertz CT molecular complexity index is 2040. The predicted octanol–water partition coefficient (Wildman–Crippen LogP) is 6.46. The third kappa shape index (κ3) is 4.97. The van der Waals surface area contributed by atoms with Crippen molar-refractivity contribution in [3.05, 3.63) is 104 Å². The van der Waals surface area contributed by atoms with Crippen LogP contribution in [0.3, 0.4) is 0 Å². The number of halogens is 3. The molecule has 0 spiro atoms. The minimum atomic E-state index is -4.62. The van der Waals surface area contributed by atoms with Crippen molar-refractivity contribution in [1.29, 1.82) is 0 Å². The Kier molecular flexibility index (Phi) is 7.33. The lowest BCUT2D eigenvalue weighted by atomic mass is 9.68. The number of imide groups is 1. The van der Waals surface area contributed by atoms with Crippen LogP contribution < -0.4 is 19.8 Å². The summed E-state index contributed by atoms with van der Waals surface area (Å²) in [6.45, 7) is 1.67. The number of fused-ring (bicyclic) bond motifs is 9. The fourth-order valence-corrected chi connectivity index (χ4v) is 11.3. The van der Waals surface area contributed by atoms with E-state index >= 15 is 0 Å². The molecular formula is C35H28F3N3O5S2. The van der Waals surface area contributed by atoms with Crippen molar-refractivity contribution >= 4 is 52.2 Å². The first-order valence-electron chi connectivity index (χ1n) is 15.5. The number of hydrogen-bond donors (Lipinski definition) is 2. The van der Waals surface area contributed by atoms with E-state index < -0.39 is 35.4 Å². The van der Waals surface area contributed by atoms with Gasteiger partial charge in [-0.05, 0) is 73.1 Å². The highest BCUT2D eigenvalue weighted by molar-refractivity contribution is 8.00. The number of amides is 3. The number of thiazole rings is 1. The number of hydrogen-bond acceptors (Lipinski definition) is 7. The van der Waals surface area contributed by atoms with Crippen LogP contribution in [0.25, 0.3) is 0 Å². The first-order valence-corrected chi connectivity index (χ1v) is 17.2. The molecule has 6 unspecified atom stereocenters. The normalized spacial score (nSPS) is 27.1. The lowest BCUT2D eigenvalue weighted by molar-refractivity contribution is -0.137. The molecule has 1 saturated heterocycles. The Morgan fingerprint density at radius 1 is 0.979 bits per heavy atom. The van der Waals surface area contributed by atoms with Crippen LogP contribution in [0.15, 0.2) is 82.6 Å². The number of thioether (sulfide) groups is 1. The van der Waals surface area contributed by atoms with Gasteiger partial charge in [0.15, 0.2) is 6.61 Å². The summed E-state index contributed by atoms with van der Waals surface area (Å²) < 4.78 is 46.8. The molecule has 0 radical (unpaired) electrons. The molecule has 2 bridgehead atoms. The third-order valence-corrected chi connectivity index (χ3v) is 12.7. The Morgan fingerprint density at radius 3 is 2.50 bits per heavy atom. The van der Waals surface area contributed by atoms with Crippen LogP contribution in [0, 0.1) is 36.5 Å². The number of H-pyrrole nitrogens is 1. The van der Waals surface area contributed by atoms with Gasteiger partial charge in [-0.1, -0.05) is 47.7 Å². The molecular weight excluding hydrogens is 664 g/mol. The van der Waals surface area contributed by atoms with Crippen molar-refractivity contribution in [2.45, 2.75) is 35.7 Å². The maximum absolute atomic E-state index is 14.0. The van der Waals surface area contributed by atoms with Gasteiger partial charge in [0.2, 0.25) is 11.8 Å². The number of aromatic amines is 1.